The van der Waals surface area contributed by atoms with Gasteiger partial charge in [-0.05, 0) is 17.7 Å². The van der Waals surface area contributed by atoms with Crippen molar-refractivity contribution < 1.29 is 4.74 Å². The molecule has 0 unspecified atom stereocenters. The van der Waals surface area contributed by atoms with Gasteiger partial charge in [-0.25, -0.2) is 9.97 Å². The summed E-state index contributed by atoms with van der Waals surface area (Å²) in [5.74, 6) is 1.97. The Morgan fingerprint density at radius 2 is 1.90 bits per heavy atom. The quantitative estimate of drug-likeness (QED) is 0.759. The molecular formula is C15H16Cl2N2O. The van der Waals surface area contributed by atoms with E-state index in [0.29, 0.717) is 23.3 Å². The fourth-order valence-electron chi connectivity index (χ4n) is 1.66. The van der Waals surface area contributed by atoms with E-state index in [0.717, 1.165) is 17.1 Å². The zero-order valence-corrected chi connectivity index (χ0v) is 12.9. The lowest BCUT2D eigenvalue weighted by molar-refractivity contribution is 0.300. The number of aromatic nitrogens is 2. The zero-order valence-electron chi connectivity index (χ0n) is 11.4. The van der Waals surface area contributed by atoms with Gasteiger partial charge >= 0.3 is 0 Å². The van der Waals surface area contributed by atoms with E-state index in [1.807, 2.05) is 38.1 Å². The summed E-state index contributed by atoms with van der Waals surface area (Å²) in [6, 6.07) is 7.51. The van der Waals surface area contributed by atoms with E-state index in [1.54, 1.807) is 6.20 Å². The molecule has 20 heavy (non-hydrogen) atoms. The lowest BCUT2D eigenvalue weighted by atomic mass is 10.2. The molecule has 5 heteroatoms. The van der Waals surface area contributed by atoms with Gasteiger partial charge in [-0.15, -0.1) is 11.6 Å². The first-order valence-electron chi connectivity index (χ1n) is 6.39. The number of alkyl halides is 1. The van der Waals surface area contributed by atoms with E-state index in [-0.39, 0.29) is 5.92 Å². The van der Waals surface area contributed by atoms with Crippen molar-refractivity contribution in [3.05, 3.63) is 52.6 Å². The van der Waals surface area contributed by atoms with E-state index < -0.39 is 0 Å². The van der Waals surface area contributed by atoms with Crippen LogP contribution in [-0.2, 0) is 12.5 Å². The molecule has 1 aromatic heterocycles. The molecule has 2 aromatic rings. The van der Waals surface area contributed by atoms with E-state index in [9.17, 15) is 0 Å². The van der Waals surface area contributed by atoms with Crippen LogP contribution in [0.2, 0.25) is 5.02 Å². The van der Waals surface area contributed by atoms with Crippen molar-refractivity contribution in [1.29, 1.82) is 0 Å². The number of benzene rings is 1. The number of halogens is 2. The van der Waals surface area contributed by atoms with Gasteiger partial charge in [0.2, 0.25) is 0 Å². The highest BCUT2D eigenvalue weighted by atomic mass is 35.5. The molecule has 0 spiro atoms. The number of ether oxygens (including phenoxy) is 1. The molecule has 0 N–H and O–H groups in total. The molecule has 0 amide bonds. The van der Waals surface area contributed by atoms with Crippen molar-refractivity contribution in [2.75, 3.05) is 0 Å². The third-order valence-corrected chi connectivity index (χ3v) is 3.30. The molecule has 106 valence electrons. The fraction of sp³-hybridized carbons (Fsp3) is 0.333. The molecule has 0 bridgehead atoms. The normalized spacial score (nSPS) is 10.8. The van der Waals surface area contributed by atoms with Crippen LogP contribution in [0.4, 0.5) is 0 Å². The number of rotatable bonds is 5. The summed E-state index contributed by atoms with van der Waals surface area (Å²) >= 11 is 11.8. The molecule has 3 nitrogen and oxygen atoms in total. The molecule has 0 aliphatic rings. The number of hydrogen-bond donors (Lipinski definition) is 0. The second-order valence-corrected chi connectivity index (χ2v) is 5.45. The Hall–Kier alpha value is -1.32. The van der Waals surface area contributed by atoms with Gasteiger partial charge in [-0.3, -0.25) is 0 Å². The summed E-state index contributed by atoms with van der Waals surface area (Å²) in [6.45, 7) is 4.52. The predicted octanol–water partition coefficient (Wildman–Crippen LogP) is 4.57. The molecular weight excluding hydrogens is 295 g/mol. The largest absolute Gasteiger partial charge is 0.485 e. The van der Waals surface area contributed by atoms with Gasteiger partial charge in [0.15, 0.2) is 5.75 Å². The van der Waals surface area contributed by atoms with E-state index in [1.165, 1.54) is 0 Å². The van der Waals surface area contributed by atoms with Gasteiger partial charge < -0.3 is 4.74 Å². The Morgan fingerprint density at radius 3 is 2.50 bits per heavy atom. The third-order valence-electron chi connectivity index (χ3n) is 2.80. The Bertz CT molecular complexity index is 571. The van der Waals surface area contributed by atoms with E-state index in [4.69, 9.17) is 27.9 Å². The summed E-state index contributed by atoms with van der Waals surface area (Å²) in [5, 5.41) is 0.708. The summed E-state index contributed by atoms with van der Waals surface area (Å²) < 4.78 is 5.74. The first-order valence-corrected chi connectivity index (χ1v) is 7.30. The Morgan fingerprint density at radius 1 is 1.20 bits per heavy atom. The van der Waals surface area contributed by atoms with Crippen molar-refractivity contribution in [1.82, 2.24) is 9.97 Å². The molecule has 0 aliphatic heterocycles. The van der Waals surface area contributed by atoms with Crippen LogP contribution in [0.15, 0.2) is 30.5 Å². The molecule has 0 aliphatic carbocycles. The monoisotopic (exact) mass is 310 g/mol. The molecule has 0 saturated carbocycles. The standard InChI is InChI=1S/C15H16Cl2N2O/c1-10(2)15-18-8-14(13(7-16)19-15)20-9-11-3-5-12(17)6-4-11/h3-6,8,10H,7,9H2,1-2H3. The average Bonchev–Trinajstić information content (AvgIpc) is 2.46. The van der Waals surface area contributed by atoms with Gasteiger partial charge in [-0.1, -0.05) is 37.6 Å². The fourth-order valence-corrected chi connectivity index (χ4v) is 1.98. The van der Waals surface area contributed by atoms with Crippen molar-refractivity contribution in [3.8, 4) is 5.75 Å². The highest BCUT2D eigenvalue weighted by Crippen LogP contribution is 2.21. The lowest BCUT2D eigenvalue weighted by Gasteiger charge is -2.11. The van der Waals surface area contributed by atoms with Crippen LogP contribution < -0.4 is 4.74 Å². The molecule has 2 rings (SSSR count). The SMILES string of the molecule is CC(C)c1ncc(OCc2ccc(Cl)cc2)c(CCl)n1. The minimum atomic E-state index is 0.266. The molecule has 1 aromatic carbocycles. The minimum absolute atomic E-state index is 0.266. The Kier molecular flexibility index (Phi) is 5.21. The molecule has 0 fully saturated rings. The smallest absolute Gasteiger partial charge is 0.160 e. The lowest BCUT2D eigenvalue weighted by Crippen LogP contribution is -2.04. The van der Waals surface area contributed by atoms with Gasteiger partial charge in [-0.2, -0.15) is 0 Å². The molecule has 0 atom stereocenters. The predicted molar refractivity (Wildman–Crippen MR) is 81.5 cm³/mol. The van der Waals surface area contributed by atoms with Crippen LogP contribution in [0, 0.1) is 0 Å². The van der Waals surface area contributed by atoms with E-state index >= 15 is 0 Å². The topological polar surface area (TPSA) is 35.0 Å². The molecule has 1 heterocycles. The van der Waals surface area contributed by atoms with Crippen LogP contribution in [0.25, 0.3) is 0 Å². The maximum atomic E-state index is 5.92. The molecule has 0 saturated heterocycles. The van der Waals surface area contributed by atoms with Crippen molar-refractivity contribution >= 4 is 23.2 Å². The Labute approximate surface area is 128 Å². The first kappa shape index (κ1) is 15.1. The van der Waals surface area contributed by atoms with Gasteiger partial charge in [0.05, 0.1) is 12.1 Å². The van der Waals surface area contributed by atoms with Crippen LogP contribution in [0.1, 0.15) is 36.8 Å². The first-order chi connectivity index (χ1) is 9.60. The second kappa shape index (κ2) is 6.91. The highest BCUT2D eigenvalue weighted by molar-refractivity contribution is 6.30. The van der Waals surface area contributed by atoms with Crippen LogP contribution in [-0.4, -0.2) is 9.97 Å². The summed E-state index contributed by atoms with van der Waals surface area (Å²) in [7, 11) is 0. The second-order valence-electron chi connectivity index (χ2n) is 4.74. The minimum Gasteiger partial charge on any atom is -0.485 e. The third kappa shape index (κ3) is 3.84. The van der Waals surface area contributed by atoms with Crippen LogP contribution in [0.3, 0.4) is 0 Å². The summed E-state index contributed by atoms with van der Waals surface area (Å²) in [6.07, 6.45) is 1.69. The number of hydrogen-bond acceptors (Lipinski definition) is 3. The van der Waals surface area contributed by atoms with Crippen molar-refractivity contribution in [2.24, 2.45) is 0 Å². The highest BCUT2D eigenvalue weighted by Gasteiger charge is 2.10. The van der Waals surface area contributed by atoms with Gasteiger partial charge in [0.25, 0.3) is 0 Å². The maximum Gasteiger partial charge on any atom is 0.160 e. The van der Waals surface area contributed by atoms with Gasteiger partial charge in [0, 0.05) is 10.9 Å². The number of nitrogens with zero attached hydrogens (tertiary/aromatic N) is 2. The van der Waals surface area contributed by atoms with Crippen molar-refractivity contribution in [3.63, 3.8) is 0 Å². The summed E-state index contributed by atoms with van der Waals surface area (Å²) in [5.41, 5.74) is 1.75. The summed E-state index contributed by atoms with van der Waals surface area (Å²) in [4.78, 5) is 8.73. The zero-order chi connectivity index (χ0) is 14.5. The molecule has 0 radical (unpaired) electrons. The van der Waals surface area contributed by atoms with Crippen molar-refractivity contribution in [2.45, 2.75) is 32.3 Å². The Balaban J connectivity index is 2.10. The van der Waals surface area contributed by atoms with Crippen LogP contribution >= 0.6 is 23.2 Å². The van der Waals surface area contributed by atoms with Crippen LogP contribution in [0.5, 0.6) is 5.75 Å². The van der Waals surface area contributed by atoms with Gasteiger partial charge in [0.1, 0.15) is 18.1 Å². The van der Waals surface area contributed by atoms with E-state index in [2.05, 4.69) is 9.97 Å². The average molecular weight is 311 g/mol. The maximum absolute atomic E-state index is 5.92.